The fourth-order valence-electron chi connectivity index (χ4n) is 5.38. The van der Waals surface area contributed by atoms with E-state index in [4.69, 9.17) is 0 Å². The van der Waals surface area contributed by atoms with Crippen molar-refractivity contribution in [2.45, 2.75) is 89.4 Å². The van der Waals surface area contributed by atoms with E-state index < -0.39 is 0 Å². The van der Waals surface area contributed by atoms with Gasteiger partial charge in [0.25, 0.3) is 0 Å². The third-order valence-corrected chi connectivity index (χ3v) is 6.69. The van der Waals surface area contributed by atoms with E-state index in [-0.39, 0.29) is 0 Å². The van der Waals surface area contributed by atoms with Gasteiger partial charge in [0, 0.05) is 0 Å². The van der Waals surface area contributed by atoms with Crippen LogP contribution < -0.4 is 0 Å². The molecule has 3 rings (SSSR count). The van der Waals surface area contributed by atoms with Crippen LogP contribution in [-0.2, 0) is 5.41 Å². The summed E-state index contributed by atoms with van der Waals surface area (Å²) >= 11 is 0. The Morgan fingerprint density at radius 1 is 0.909 bits per heavy atom. The van der Waals surface area contributed by atoms with Crippen LogP contribution in [0.15, 0.2) is 30.3 Å². The highest BCUT2D eigenvalue weighted by atomic mass is 14.4. The van der Waals surface area contributed by atoms with E-state index in [1.54, 1.807) is 5.56 Å². The van der Waals surface area contributed by atoms with E-state index in [1.165, 1.54) is 77.0 Å². The first-order valence-electron chi connectivity index (χ1n) is 9.89. The van der Waals surface area contributed by atoms with Crippen molar-refractivity contribution in [1.29, 1.82) is 0 Å². The van der Waals surface area contributed by atoms with Crippen LogP contribution in [-0.4, -0.2) is 0 Å². The molecule has 2 aliphatic carbocycles. The Balaban J connectivity index is 1.79. The zero-order valence-electron chi connectivity index (χ0n) is 14.5. The van der Waals surface area contributed by atoms with Crippen LogP contribution in [0.4, 0.5) is 0 Å². The van der Waals surface area contributed by atoms with E-state index in [0.29, 0.717) is 5.41 Å². The maximum atomic E-state index is 2.45. The topological polar surface area (TPSA) is 0 Å². The predicted octanol–water partition coefficient (Wildman–Crippen LogP) is 6.89. The third kappa shape index (κ3) is 3.58. The molecular weight excluding hydrogens is 264 g/mol. The minimum Gasteiger partial charge on any atom is -0.0651 e. The van der Waals surface area contributed by atoms with Crippen LogP contribution in [0.3, 0.4) is 0 Å². The summed E-state index contributed by atoms with van der Waals surface area (Å²) in [5.41, 5.74) is 2.14. The average molecular weight is 299 g/mol. The molecule has 0 aromatic heterocycles. The first-order valence-corrected chi connectivity index (χ1v) is 9.89. The molecule has 0 nitrogen and oxygen atoms in total. The summed E-state index contributed by atoms with van der Waals surface area (Å²) in [5.74, 6) is 1.97. The van der Waals surface area contributed by atoms with Crippen molar-refractivity contribution in [3.05, 3.63) is 35.9 Å². The highest BCUT2D eigenvalue weighted by molar-refractivity contribution is 5.26. The van der Waals surface area contributed by atoms with Gasteiger partial charge in [-0.2, -0.15) is 0 Å². The van der Waals surface area contributed by atoms with Crippen molar-refractivity contribution in [1.82, 2.24) is 0 Å². The molecule has 0 saturated heterocycles. The molecule has 0 amide bonds. The SMILES string of the molecule is CCC(CC1(c2ccccc2)CCCCC1)C1CCCCC1. The van der Waals surface area contributed by atoms with Crippen molar-refractivity contribution in [3.8, 4) is 0 Å². The molecule has 1 aromatic rings. The van der Waals surface area contributed by atoms with Gasteiger partial charge in [-0.05, 0) is 42.1 Å². The number of rotatable bonds is 5. The molecule has 1 atom stereocenters. The standard InChI is InChI=1S/C22H34/c1-2-19(20-12-6-3-7-13-20)18-22(16-10-5-11-17-22)21-14-8-4-9-15-21/h4,8-9,14-15,19-20H,2-3,5-7,10-13,16-18H2,1H3. The van der Waals surface area contributed by atoms with Crippen molar-refractivity contribution in [2.24, 2.45) is 11.8 Å². The highest BCUT2D eigenvalue weighted by Crippen LogP contribution is 2.47. The van der Waals surface area contributed by atoms with Crippen LogP contribution in [0, 0.1) is 11.8 Å². The van der Waals surface area contributed by atoms with E-state index in [9.17, 15) is 0 Å². The maximum absolute atomic E-state index is 2.45. The monoisotopic (exact) mass is 298 g/mol. The Morgan fingerprint density at radius 3 is 2.18 bits per heavy atom. The zero-order chi connectivity index (χ0) is 15.3. The Morgan fingerprint density at radius 2 is 1.55 bits per heavy atom. The number of hydrogen-bond acceptors (Lipinski definition) is 0. The first-order chi connectivity index (χ1) is 10.8. The molecule has 0 heterocycles. The smallest absolute Gasteiger partial charge is 0.00442 e. The van der Waals surface area contributed by atoms with Crippen LogP contribution in [0.1, 0.15) is 89.5 Å². The van der Waals surface area contributed by atoms with Crippen LogP contribution >= 0.6 is 0 Å². The van der Waals surface area contributed by atoms with Crippen LogP contribution in [0.2, 0.25) is 0 Å². The summed E-state index contributed by atoms with van der Waals surface area (Å²) in [4.78, 5) is 0. The largest absolute Gasteiger partial charge is 0.0651 e. The van der Waals surface area contributed by atoms with Gasteiger partial charge >= 0.3 is 0 Å². The van der Waals surface area contributed by atoms with Crippen molar-refractivity contribution in [3.63, 3.8) is 0 Å². The third-order valence-electron chi connectivity index (χ3n) is 6.69. The fourth-order valence-corrected chi connectivity index (χ4v) is 5.38. The van der Waals surface area contributed by atoms with Gasteiger partial charge < -0.3 is 0 Å². The van der Waals surface area contributed by atoms with Crippen molar-refractivity contribution < 1.29 is 0 Å². The summed E-state index contributed by atoms with van der Waals surface area (Å²) in [6.07, 6.45) is 17.5. The molecule has 0 aliphatic heterocycles. The van der Waals surface area contributed by atoms with E-state index in [0.717, 1.165) is 11.8 Å². The van der Waals surface area contributed by atoms with Gasteiger partial charge in [0.15, 0.2) is 0 Å². The summed E-state index contributed by atoms with van der Waals surface area (Å²) in [6, 6.07) is 11.5. The van der Waals surface area contributed by atoms with Gasteiger partial charge in [-0.1, -0.05) is 95.0 Å². The molecule has 1 unspecified atom stereocenters. The molecule has 2 saturated carbocycles. The lowest BCUT2D eigenvalue weighted by atomic mass is 9.62. The molecule has 0 heteroatoms. The van der Waals surface area contributed by atoms with Gasteiger partial charge in [0.1, 0.15) is 0 Å². The lowest BCUT2D eigenvalue weighted by Crippen LogP contribution is -2.34. The van der Waals surface area contributed by atoms with Gasteiger partial charge in [-0.25, -0.2) is 0 Å². The molecule has 0 spiro atoms. The Kier molecular flexibility index (Phi) is 5.61. The van der Waals surface area contributed by atoms with E-state index in [2.05, 4.69) is 37.3 Å². The average Bonchev–Trinajstić information content (AvgIpc) is 2.62. The molecule has 2 fully saturated rings. The second-order valence-electron chi connectivity index (χ2n) is 7.98. The first kappa shape index (κ1) is 16.1. The lowest BCUT2D eigenvalue weighted by Gasteiger charge is -2.43. The molecular formula is C22H34. The Hall–Kier alpha value is -0.780. The fraction of sp³-hybridized carbons (Fsp3) is 0.727. The molecule has 0 radical (unpaired) electrons. The Labute approximate surface area is 137 Å². The minimum atomic E-state index is 0.498. The van der Waals surface area contributed by atoms with Crippen molar-refractivity contribution >= 4 is 0 Å². The second kappa shape index (κ2) is 7.66. The van der Waals surface area contributed by atoms with E-state index in [1.807, 2.05) is 0 Å². The predicted molar refractivity (Wildman–Crippen MR) is 96.2 cm³/mol. The van der Waals surface area contributed by atoms with Gasteiger partial charge in [-0.3, -0.25) is 0 Å². The molecule has 0 N–H and O–H groups in total. The summed E-state index contributed by atoms with van der Waals surface area (Å²) < 4.78 is 0. The van der Waals surface area contributed by atoms with E-state index >= 15 is 0 Å². The molecule has 22 heavy (non-hydrogen) atoms. The molecule has 122 valence electrons. The quantitative estimate of drug-likeness (QED) is 0.555. The zero-order valence-corrected chi connectivity index (χ0v) is 14.5. The molecule has 0 bridgehead atoms. The maximum Gasteiger partial charge on any atom is -0.00442 e. The summed E-state index contributed by atoms with van der Waals surface area (Å²) in [5, 5.41) is 0. The highest BCUT2D eigenvalue weighted by Gasteiger charge is 2.37. The molecule has 2 aliphatic rings. The molecule has 1 aromatic carbocycles. The normalized spacial score (nSPS) is 24.0. The Bertz CT molecular complexity index is 421. The van der Waals surface area contributed by atoms with Gasteiger partial charge in [0.2, 0.25) is 0 Å². The minimum absolute atomic E-state index is 0.498. The summed E-state index contributed by atoms with van der Waals surface area (Å²) in [6.45, 7) is 2.45. The van der Waals surface area contributed by atoms with Gasteiger partial charge in [0.05, 0.1) is 0 Å². The van der Waals surface area contributed by atoms with Crippen molar-refractivity contribution in [2.75, 3.05) is 0 Å². The summed E-state index contributed by atoms with van der Waals surface area (Å²) in [7, 11) is 0. The number of benzene rings is 1. The second-order valence-corrected chi connectivity index (χ2v) is 7.98. The van der Waals surface area contributed by atoms with Crippen LogP contribution in [0.25, 0.3) is 0 Å². The number of hydrogen-bond donors (Lipinski definition) is 0. The lowest BCUT2D eigenvalue weighted by molar-refractivity contribution is 0.159. The van der Waals surface area contributed by atoms with Gasteiger partial charge in [-0.15, -0.1) is 0 Å². The van der Waals surface area contributed by atoms with Crippen LogP contribution in [0.5, 0.6) is 0 Å².